The first-order valence-corrected chi connectivity index (χ1v) is 8.93. The Morgan fingerprint density at radius 3 is 2.55 bits per heavy atom. The van der Waals surface area contributed by atoms with Crippen molar-refractivity contribution in [1.82, 2.24) is 15.0 Å². The third-order valence-electron chi connectivity index (χ3n) is 4.27. The van der Waals surface area contributed by atoms with Crippen LogP contribution in [0.25, 0.3) is 10.9 Å². The molecule has 4 aromatic rings. The fraction of sp³-hybridized carbons (Fsp3) is 0.0476. The molecule has 7 nitrogen and oxygen atoms in total. The number of pyridine rings is 1. The molecule has 0 unspecified atom stereocenters. The predicted molar refractivity (Wildman–Crippen MR) is 108 cm³/mol. The smallest absolute Gasteiger partial charge is 0.416 e. The monoisotopic (exact) mass is 425 g/mol. The van der Waals surface area contributed by atoms with E-state index in [0.29, 0.717) is 10.9 Å². The van der Waals surface area contributed by atoms with E-state index in [1.165, 1.54) is 24.5 Å². The molecule has 2 aromatic carbocycles. The molecular formula is C21H14F3N5O2. The number of aromatic nitrogens is 3. The number of ether oxygens (including phenoxy) is 1. The van der Waals surface area contributed by atoms with Crippen LogP contribution >= 0.6 is 0 Å². The van der Waals surface area contributed by atoms with Gasteiger partial charge in [-0.3, -0.25) is 4.79 Å². The number of amides is 1. The first-order valence-electron chi connectivity index (χ1n) is 8.93. The van der Waals surface area contributed by atoms with Crippen LogP contribution in [0.1, 0.15) is 15.9 Å². The van der Waals surface area contributed by atoms with Crippen LogP contribution in [-0.4, -0.2) is 20.9 Å². The topological polar surface area (TPSA) is 103 Å². The highest BCUT2D eigenvalue weighted by molar-refractivity contribution is 6.12. The number of rotatable bonds is 4. The van der Waals surface area contributed by atoms with Crippen LogP contribution in [0.5, 0.6) is 11.8 Å². The zero-order valence-corrected chi connectivity index (χ0v) is 15.7. The molecule has 4 rings (SSSR count). The first kappa shape index (κ1) is 20.1. The van der Waals surface area contributed by atoms with Gasteiger partial charge in [-0.2, -0.15) is 13.2 Å². The lowest BCUT2D eigenvalue weighted by molar-refractivity contribution is -0.137. The Morgan fingerprint density at radius 1 is 0.968 bits per heavy atom. The van der Waals surface area contributed by atoms with Gasteiger partial charge in [0, 0.05) is 28.8 Å². The average Bonchev–Trinajstić information content (AvgIpc) is 2.73. The molecule has 31 heavy (non-hydrogen) atoms. The summed E-state index contributed by atoms with van der Waals surface area (Å²) in [6, 6.07) is 13.9. The zero-order valence-electron chi connectivity index (χ0n) is 15.7. The fourth-order valence-electron chi connectivity index (χ4n) is 2.88. The van der Waals surface area contributed by atoms with Crippen molar-refractivity contribution in [2.24, 2.45) is 0 Å². The number of anilines is 2. The highest BCUT2D eigenvalue weighted by Gasteiger charge is 2.30. The van der Waals surface area contributed by atoms with E-state index in [1.54, 1.807) is 30.3 Å². The van der Waals surface area contributed by atoms with Gasteiger partial charge in [0.25, 0.3) is 5.91 Å². The molecule has 0 saturated heterocycles. The molecule has 3 N–H and O–H groups in total. The zero-order chi connectivity index (χ0) is 22.0. The minimum atomic E-state index is -4.51. The number of nitrogens with zero attached hydrogens (tertiary/aromatic N) is 3. The van der Waals surface area contributed by atoms with E-state index in [0.717, 1.165) is 12.1 Å². The van der Waals surface area contributed by atoms with Gasteiger partial charge in [0.2, 0.25) is 11.8 Å². The Morgan fingerprint density at radius 2 is 1.77 bits per heavy atom. The quantitative estimate of drug-likeness (QED) is 0.493. The highest BCUT2D eigenvalue weighted by atomic mass is 19.4. The Labute approximate surface area is 173 Å². The van der Waals surface area contributed by atoms with E-state index in [-0.39, 0.29) is 28.8 Å². The summed E-state index contributed by atoms with van der Waals surface area (Å²) in [4.78, 5) is 24.8. The fourth-order valence-corrected chi connectivity index (χ4v) is 2.88. The molecule has 10 heteroatoms. The second-order valence-electron chi connectivity index (χ2n) is 6.44. The third-order valence-corrected chi connectivity index (χ3v) is 4.27. The summed E-state index contributed by atoms with van der Waals surface area (Å²) in [5.41, 5.74) is 5.48. The molecule has 156 valence electrons. The second kappa shape index (κ2) is 7.90. The van der Waals surface area contributed by atoms with Crippen molar-refractivity contribution in [2.75, 3.05) is 11.1 Å². The van der Waals surface area contributed by atoms with Crippen molar-refractivity contribution in [2.45, 2.75) is 6.18 Å². The number of carbonyl (C=O) groups is 1. The number of halogens is 3. The van der Waals surface area contributed by atoms with Gasteiger partial charge in [0.1, 0.15) is 12.1 Å². The largest absolute Gasteiger partial charge is 0.421 e. The van der Waals surface area contributed by atoms with Crippen molar-refractivity contribution in [3.8, 4) is 11.8 Å². The van der Waals surface area contributed by atoms with E-state index in [4.69, 9.17) is 10.5 Å². The van der Waals surface area contributed by atoms with Gasteiger partial charge in [0.15, 0.2) is 0 Å². The second-order valence-corrected chi connectivity index (χ2v) is 6.44. The molecule has 0 bridgehead atoms. The predicted octanol–water partition coefficient (Wildman–Crippen LogP) is 4.67. The van der Waals surface area contributed by atoms with Crippen LogP contribution in [0.4, 0.5) is 24.7 Å². The maximum atomic E-state index is 12.9. The third kappa shape index (κ3) is 4.53. The maximum Gasteiger partial charge on any atom is 0.416 e. The molecule has 2 heterocycles. The highest BCUT2D eigenvalue weighted by Crippen LogP contribution is 2.31. The number of hydrogen-bond donors (Lipinski definition) is 2. The molecule has 0 spiro atoms. The van der Waals surface area contributed by atoms with Gasteiger partial charge in [-0.25, -0.2) is 15.0 Å². The average molecular weight is 425 g/mol. The minimum Gasteiger partial charge on any atom is -0.421 e. The number of nitrogens with two attached hydrogens (primary N) is 1. The van der Waals surface area contributed by atoms with Crippen LogP contribution in [0, 0.1) is 0 Å². The Kier molecular flexibility index (Phi) is 5.12. The molecule has 0 radical (unpaired) electrons. The molecule has 0 saturated carbocycles. The summed E-state index contributed by atoms with van der Waals surface area (Å²) in [5.74, 6) is 0.0992. The lowest BCUT2D eigenvalue weighted by Crippen LogP contribution is -2.13. The number of nitrogen functional groups attached to an aromatic ring is 1. The lowest BCUT2D eigenvalue weighted by atomic mass is 10.1. The van der Waals surface area contributed by atoms with Crippen molar-refractivity contribution < 1.29 is 22.7 Å². The van der Waals surface area contributed by atoms with Gasteiger partial charge in [-0.05, 0) is 36.4 Å². The molecule has 0 aliphatic carbocycles. The van der Waals surface area contributed by atoms with Crippen LogP contribution in [-0.2, 0) is 6.18 Å². The Hall–Kier alpha value is -4.21. The standard InChI is InChI=1S/C21H14F3N5O2/c22-21(23,24)12-3-1-4-13(9-12)28-20(30)15-5-2-6-16-14(15)7-8-18(29-16)31-19-10-17(25)26-11-27-19/h1-11H,(H,28,30)(H2,25,26,27). The normalized spacial score (nSPS) is 11.3. The summed E-state index contributed by atoms with van der Waals surface area (Å²) < 4.78 is 44.3. The van der Waals surface area contributed by atoms with Crippen molar-refractivity contribution >= 4 is 28.3 Å². The number of hydrogen-bond acceptors (Lipinski definition) is 6. The van der Waals surface area contributed by atoms with Gasteiger partial charge in [0.05, 0.1) is 11.1 Å². The molecule has 0 fully saturated rings. The van der Waals surface area contributed by atoms with E-state index < -0.39 is 17.6 Å². The molecule has 0 aliphatic rings. The molecular weight excluding hydrogens is 411 g/mol. The molecule has 2 aromatic heterocycles. The summed E-state index contributed by atoms with van der Waals surface area (Å²) >= 11 is 0. The van der Waals surface area contributed by atoms with Crippen LogP contribution in [0.2, 0.25) is 0 Å². The molecule has 1 amide bonds. The number of nitrogens with one attached hydrogen (secondary N) is 1. The molecule has 0 atom stereocenters. The Balaban J connectivity index is 1.60. The SMILES string of the molecule is Nc1cc(Oc2ccc3c(C(=O)Nc4cccc(C(F)(F)F)c4)cccc3n2)ncn1. The number of alkyl halides is 3. The summed E-state index contributed by atoms with van der Waals surface area (Å²) in [7, 11) is 0. The number of fused-ring (bicyclic) bond motifs is 1. The number of carbonyl (C=O) groups excluding carboxylic acids is 1. The molecule has 0 aliphatic heterocycles. The first-order chi connectivity index (χ1) is 14.8. The van der Waals surface area contributed by atoms with E-state index in [2.05, 4.69) is 20.3 Å². The van der Waals surface area contributed by atoms with Crippen LogP contribution < -0.4 is 15.8 Å². The van der Waals surface area contributed by atoms with Crippen molar-refractivity contribution in [3.05, 3.63) is 78.1 Å². The summed E-state index contributed by atoms with van der Waals surface area (Å²) in [6.45, 7) is 0. The van der Waals surface area contributed by atoms with Gasteiger partial charge in [-0.15, -0.1) is 0 Å². The van der Waals surface area contributed by atoms with E-state index in [1.807, 2.05) is 0 Å². The Bertz CT molecular complexity index is 1280. The van der Waals surface area contributed by atoms with Crippen molar-refractivity contribution in [1.29, 1.82) is 0 Å². The van der Waals surface area contributed by atoms with E-state index in [9.17, 15) is 18.0 Å². The van der Waals surface area contributed by atoms with Gasteiger partial charge >= 0.3 is 6.18 Å². The van der Waals surface area contributed by atoms with Crippen molar-refractivity contribution in [3.63, 3.8) is 0 Å². The van der Waals surface area contributed by atoms with Gasteiger partial charge < -0.3 is 15.8 Å². The number of benzene rings is 2. The lowest BCUT2D eigenvalue weighted by Gasteiger charge is -2.11. The van der Waals surface area contributed by atoms with Crippen LogP contribution in [0.3, 0.4) is 0 Å². The summed E-state index contributed by atoms with van der Waals surface area (Å²) in [6.07, 6.45) is -3.25. The maximum absolute atomic E-state index is 12.9. The summed E-state index contributed by atoms with van der Waals surface area (Å²) in [5, 5.41) is 3.00. The van der Waals surface area contributed by atoms with E-state index >= 15 is 0 Å². The van der Waals surface area contributed by atoms with Crippen LogP contribution in [0.15, 0.2) is 67.0 Å². The van der Waals surface area contributed by atoms with Gasteiger partial charge in [-0.1, -0.05) is 12.1 Å². The minimum absolute atomic E-state index is 0.0334.